The molecule has 0 aliphatic carbocycles. The molecule has 1 aromatic carbocycles. The molecular weight excluding hydrogens is 305 g/mol. The molecule has 0 saturated carbocycles. The lowest BCUT2D eigenvalue weighted by molar-refractivity contribution is -0.0188. The van der Waals surface area contributed by atoms with Crippen LogP contribution in [0.4, 0.5) is 0 Å². The minimum absolute atomic E-state index is 0.0608. The van der Waals surface area contributed by atoms with Crippen LogP contribution in [-0.2, 0) is 4.84 Å². The normalized spacial score (nSPS) is 10.7. The van der Waals surface area contributed by atoms with Crippen molar-refractivity contribution >= 4 is 35.1 Å². The third-order valence-electron chi connectivity index (χ3n) is 2.78. The zero-order chi connectivity index (χ0) is 15.3. The summed E-state index contributed by atoms with van der Waals surface area (Å²) in [7, 11) is 0. The lowest BCUT2D eigenvalue weighted by Gasteiger charge is -2.15. The number of carboxylic acid groups (broad SMARTS) is 1. The van der Waals surface area contributed by atoms with Gasteiger partial charge < -0.3 is 5.11 Å². The monoisotopic (exact) mass is 319 g/mol. The van der Waals surface area contributed by atoms with Crippen LogP contribution in [0.3, 0.4) is 0 Å². The van der Waals surface area contributed by atoms with Crippen LogP contribution in [0, 0.1) is 0 Å². The molecule has 0 bridgehead atoms. The first-order valence-corrected chi connectivity index (χ1v) is 6.85. The number of hydrogen-bond donors (Lipinski definition) is 2. The van der Waals surface area contributed by atoms with Crippen LogP contribution in [-0.4, -0.2) is 23.1 Å². The van der Waals surface area contributed by atoms with Crippen molar-refractivity contribution in [2.75, 3.05) is 0 Å². The number of carbonyl (C=O) groups excluding carboxylic acids is 1. The zero-order valence-electron chi connectivity index (χ0n) is 11.1. The molecule has 5 nitrogen and oxygen atoms in total. The first-order chi connectivity index (χ1) is 9.42. The molecule has 2 N–H and O–H groups in total. The number of halogens is 2. The molecular formula is C13H15Cl2NO4. The van der Waals surface area contributed by atoms with Crippen molar-refractivity contribution in [1.29, 1.82) is 0 Å². The Balaban J connectivity index is 2.98. The van der Waals surface area contributed by atoms with Gasteiger partial charge >= 0.3 is 5.97 Å². The number of hydroxylamine groups is 1. The third kappa shape index (κ3) is 3.85. The predicted molar refractivity (Wildman–Crippen MR) is 76.3 cm³/mol. The Morgan fingerprint density at radius 3 is 2.40 bits per heavy atom. The van der Waals surface area contributed by atoms with Gasteiger partial charge in [0.2, 0.25) is 0 Å². The summed E-state index contributed by atoms with van der Waals surface area (Å²) in [6.45, 7) is 3.84. The van der Waals surface area contributed by atoms with Crippen LogP contribution < -0.4 is 5.48 Å². The summed E-state index contributed by atoms with van der Waals surface area (Å²) in [5.41, 5.74) is 1.95. The molecule has 0 unspecified atom stereocenters. The fourth-order valence-corrected chi connectivity index (χ4v) is 2.19. The number of benzene rings is 1. The van der Waals surface area contributed by atoms with Gasteiger partial charge in [-0.25, -0.2) is 10.3 Å². The summed E-state index contributed by atoms with van der Waals surface area (Å²) in [4.78, 5) is 28.2. The standard InChI is InChI=1S/C13H15Cl2NO4/c1-3-7(4-2)20-16-12(17)10-9(14)6-5-8(11(10)15)13(18)19/h5-7H,3-4H2,1-2H3,(H,16,17)(H,18,19). The summed E-state index contributed by atoms with van der Waals surface area (Å²) in [5, 5.41) is 8.81. The van der Waals surface area contributed by atoms with Gasteiger partial charge in [-0.15, -0.1) is 0 Å². The molecule has 110 valence electrons. The Kier molecular flexibility index (Phi) is 6.26. The number of rotatable bonds is 6. The maximum absolute atomic E-state index is 12.0. The Morgan fingerprint density at radius 1 is 1.30 bits per heavy atom. The van der Waals surface area contributed by atoms with E-state index in [9.17, 15) is 9.59 Å². The van der Waals surface area contributed by atoms with Crippen LogP contribution in [0.2, 0.25) is 10.0 Å². The van der Waals surface area contributed by atoms with Gasteiger partial charge in [-0.3, -0.25) is 9.63 Å². The molecule has 0 saturated heterocycles. The highest BCUT2D eigenvalue weighted by Gasteiger charge is 2.21. The molecule has 0 atom stereocenters. The summed E-state index contributed by atoms with van der Waals surface area (Å²) in [6, 6.07) is 2.55. The highest BCUT2D eigenvalue weighted by atomic mass is 35.5. The Hall–Kier alpha value is -1.30. The molecule has 0 aliphatic rings. The van der Waals surface area contributed by atoms with E-state index in [2.05, 4.69) is 5.48 Å². The van der Waals surface area contributed by atoms with Crippen LogP contribution in [0.15, 0.2) is 12.1 Å². The van der Waals surface area contributed by atoms with Gasteiger partial charge in [0.1, 0.15) is 0 Å². The number of nitrogens with one attached hydrogen (secondary N) is 1. The zero-order valence-corrected chi connectivity index (χ0v) is 12.6. The average molecular weight is 320 g/mol. The van der Waals surface area contributed by atoms with Crippen molar-refractivity contribution < 1.29 is 19.5 Å². The fraction of sp³-hybridized carbons (Fsp3) is 0.385. The van der Waals surface area contributed by atoms with E-state index < -0.39 is 11.9 Å². The largest absolute Gasteiger partial charge is 0.478 e. The van der Waals surface area contributed by atoms with E-state index >= 15 is 0 Å². The van der Waals surface area contributed by atoms with Crippen LogP contribution in [0.5, 0.6) is 0 Å². The predicted octanol–water partition coefficient (Wildman–Crippen LogP) is 3.54. The molecule has 1 aromatic rings. The highest BCUT2D eigenvalue weighted by Crippen LogP contribution is 2.28. The minimum atomic E-state index is -1.23. The van der Waals surface area contributed by atoms with E-state index in [1.54, 1.807) is 0 Å². The second kappa shape index (κ2) is 7.47. The summed E-state index contributed by atoms with van der Waals surface area (Å²) in [6.07, 6.45) is 1.33. The van der Waals surface area contributed by atoms with E-state index in [4.69, 9.17) is 33.1 Å². The van der Waals surface area contributed by atoms with E-state index in [1.165, 1.54) is 12.1 Å². The molecule has 1 rings (SSSR count). The minimum Gasteiger partial charge on any atom is -0.478 e. The van der Waals surface area contributed by atoms with Gasteiger partial charge in [-0.05, 0) is 25.0 Å². The Bertz CT molecular complexity index is 515. The van der Waals surface area contributed by atoms with Crippen molar-refractivity contribution in [2.24, 2.45) is 0 Å². The van der Waals surface area contributed by atoms with E-state index in [1.807, 2.05) is 13.8 Å². The molecule has 0 aliphatic heterocycles. The first kappa shape index (κ1) is 16.8. The maximum atomic E-state index is 12.0. The number of hydrogen-bond acceptors (Lipinski definition) is 3. The maximum Gasteiger partial charge on any atom is 0.337 e. The summed E-state index contributed by atoms with van der Waals surface area (Å²) in [5.74, 6) is -1.91. The molecule has 7 heteroatoms. The lowest BCUT2D eigenvalue weighted by Crippen LogP contribution is -2.29. The molecule has 1 amide bonds. The van der Waals surface area contributed by atoms with Gasteiger partial charge in [0.05, 0.1) is 27.3 Å². The first-order valence-electron chi connectivity index (χ1n) is 6.09. The second-order valence-electron chi connectivity index (χ2n) is 4.08. The molecule has 20 heavy (non-hydrogen) atoms. The van der Waals surface area contributed by atoms with Gasteiger partial charge in [-0.2, -0.15) is 0 Å². The molecule has 0 spiro atoms. The van der Waals surface area contributed by atoms with E-state index in [0.717, 1.165) is 12.8 Å². The van der Waals surface area contributed by atoms with Gasteiger partial charge in [-0.1, -0.05) is 37.0 Å². The molecule has 0 radical (unpaired) electrons. The van der Waals surface area contributed by atoms with Crippen molar-refractivity contribution in [3.05, 3.63) is 33.3 Å². The van der Waals surface area contributed by atoms with Crippen molar-refractivity contribution in [3.8, 4) is 0 Å². The average Bonchev–Trinajstić information content (AvgIpc) is 2.39. The molecule has 0 fully saturated rings. The summed E-state index contributed by atoms with van der Waals surface area (Å²) < 4.78 is 0. The van der Waals surface area contributed by atoms with Crippen LogP contribution >= 0.6 is 23.2 Å². The number of carbonyl (C=O) groups is 2. The molecule has 0 aromatic heterocycles. The van der Waals surface area contributed by atoms with Crippen molar-refractivity contribution in [2.45, 2.75) is 32.8 Å². The number of carboxylic acids is 1. The number of amides is 1. The smallest absolute Gasteiger partial charge is 0.337 e. The van der Waals surface area contributed by atoms with Gasteiger partial charge in [0.15, 0.2) is 0 Å². The van der Waals surface area contributed by atoms with E-state index in [0.29, 0.717) is 0 Å². The Morgan fingerprint density at radius 2 is 1.90 bits per heavy atom. The van der Waals surface area contributed by atoms with Gasteiger partial charge in [0, 0.05) is 0 Å². The van der Waals surface area contributed by atoms with E-state index in [-0.39, 0.29) is 27.3 Å². The topological polar surface area (TPSA) is 75.6 Å². The van der Waals surface area contributed by atoms with Crippen LogP contribution in [0.25, 0.3) is 0 Å². The van der Waals surface area contributed by atoms with Crippen LogP contribution in [0.1, 0.15) is 47.4 Å². The third-order valence-corrected chi connectivity index (χ3v) is 3.49. The lowest BCUT2D eigenvalue weighted by atomic mass is 10.1. The highest BCUT2D eigenvalue weighted by molar-refractivity contribution is 6.41. The second-order valence-corrected chi connectivity index (χ2v) is 4.86. The van der Waals surface area contributed by atoms with Gasteiger partial charge in [0.25, 0.3) is 5.91 Å². The summed E-state index contributed by atoms with van der Waals surface area (Å²) >= 11 is 11.8. The Labute approximate surface area is 126 Å². The van der Waals surface area contributed by atoms with Crippen molar-refractivity contribution in [1.82, 2.24) is 5.48 Å². The van der Waals surface area contributed by atoms with Crippen molar-refractivity contribution in [3.63, 3.8) is 0 Å². The quantitative estimate of drug-likeness (QED) is 0.786. The fourth-order valence-electron chi connectivity index (χ4n) is 1.57. The molecule has 0 heterocycles. The SMILES string of the molecule is CCC(CC)ONC(=O)c1c(Cl)ccc(C(=O)O)c1Cl. The number of aromatic carboxylic acids is 1.